The number of carbonyl (C=O) groups excluding carboxylic acids is 1. The van der Waals surface area contributed by atoms with E-state index >= 15 is 0 Å². The SMILES string of the molecule is Cc1ccc(OCc2cc(C(=O)NN)ccc2F)cn1. The van der Waals surface area contributed by atoms with Crippen molar-refractivity contribution in [3.63, 3.8) is 0 Å². The van der Waals surface area contributed by atoms with E-state index in [2.05, 4.69) is 4.98 Å². The molecule has 0 aliphatic heterocycles. The zero-order valence-corrected chi connectivity index (χ0v) is 10.9. The number of pyridine rings is 1. The van der Waals surface area contributed by atoms with E-state index in [1.807, 2.05) is 12.3 Å². The molecule has 3 N–H and O–H groups in total. The van der Waals surface area contributed by atoms with E-state index in [1.54, 1.807) is 18.3 Å². The number of halogens is 1. The van der Waals surface area contributed by atoms with Crippen molar-refractivity contribution in [2.24, 2.45) is 5.84 Å². The van der Waals surface area contributed by atoms with Gasteiger partial charge in [0.25, 0.3) is 5.91 Å². The predicted molar refractivity (Wildman–Crippen MR) is 71.4 cm³/mol. The second-order valence-corrected chi connectivity index (χ2v) is 4.20. The maximum absolute atomic E-state index is 13.6. The van der Waals surface area contributed by atoms with E-state index in [0.29, 0.717) is 5.75 Å². The highest BCUT2D eigenvalue weighted by Crippen LogP contribution is 2.15. The van der Waals surface area contributed by atoms with Crippen molar-refractivity contribution in [3.05, 3.63) is 59.2 Å². The van der Waals surface area contributed by atoms with E-state index in [0.717, 1.165) is 5.69 Å². The zero-order valence-electron chi connectivity index (χ0n) is 10.9. The summed E-state index contributed by atoms with van der Waals surface area (Å²) in [5.41, 5.74) is 3.40. The molecule has 104 valence electrons. The highest BCUT2D eigenvalue weighted by atomic mass is 19.1. The molecule has 0 aliphatic carbocycles. The van der Waals surface area contributed by atoms with Crippen molar-refractivity contribution in [3.8, 4) is 5.75 Å². The van der Waals surface area contributed by atoms with Crippen molar-refractivity contribution >= 4 is 5.91 Å². The largest absolute Gasteiger partial charge is 0.487 e. The number of rotatable bonds is 4. The number of benzene rings is 1. The minimum absolute atomic E-state index is 0.00225. The monoisotopic (exact) mass is 275 g/mol. The topological polar surface area (TPSA) is 77.2 Å². The van der Waals surface area contributed by atoms with Crippen LogP contribution >= 0.6 is 0 Å². The van der Waals surface area contributed by atoms with Gasteiger partial charge in [-0.15, -0.1) is 0 Å². The molecule has 0 saturated carbocycles. The summed E-state index contributed by atoms with van der Waals surface area (Å²) in [5, 5.41) is 0. The lowest BCUT2D eigenvalue weighted by Crippen LogP contribution is -2.30. The lowest BCUT2D eigenvalue weighted by atomic mass is 10.1. The number of carbonyl (C=O) groups is 1. The molecule has 1 amide bonds. The molecule has 0 radical (unpaired) electrons. The molecule has 2 aromatic rings. The van der Waals surface area contributed by atoms with Gasteiger partial charge >= 0.3 is 0 Å². The number of amides is 1. The second kappa shape index (κ2) is 6.12. The maximum Gasteiger partial charge on any atom is 0.265 e. The number of nitrogens with one attached hydrogen (secondary N) is 1. The average molecular weight is 275 g/mol. The Morgan fingerprint density at radius 3 is 2.85 bits per heavy atom. The number of hydrogen-bond acceptors (Lipinski definition) is 4. The van der Waals surface area contributed by atoms with Gasteiger partial charge in [0.15, 0.2) is 0 Å². The molecule has 0 bridgehead atoms. The van der Waals surface area contributed by atoms with Crippen molar-refractivity contribution in [2.75, 3.05) is 0 Å². The number of hydrazine groups is 1. The number of nitrogens with two attached hydrogens (primary N) is 1. The molecular weight excluding hydrogens is 261 g/mol. The van der Waals surface area contributed by atoms with Gasteiger partial charge in [-0.1, -0.05) is 0 Å². The second-order valence-electron chi connectivity index (χ2n) is 4.20. The van der Waals surface area contributed by atoms with Crippen LogP contribution < -0.4 is 16.0 Å². The van der Waals surface area contributed by atoms with E-state index in [4.69, 9.17) is 10.6 Å². The van der Waals surface area contributed by atoms with Crippen LogP contribution in [-0.2, 0) is 6.61 Å². The Morgan fingerprint density at radius 1 is 1.40 bits per heavy atom. The minimum Gasteiger partial charge on any atom is -0.487 e. The van der Waals surface area contributed by atoms with Crippen LogP contribution in [0, 0.1) is 12.7 Å². The van der Waals surface area contributed by atoms with Gasteiger partial charge in [-0.05, 0) is 37.3 Å². The van der Waals surface area contributed by atoms with E-state index in [9.17, 15) is 9.18 Å². The van der Waals surface area contributed by atoms with Gasteiger partial charge in [-0.25, -0.2) is 10.2 Å². The number of hydrogen-bond donors (Lipinski definition) is 2. The molecule has 0 aliphatic rings. The molecule has 0 spiro atoms. The average Bonchev–Trinajstić information content (AvgIpc) is 2.47. The van der Waals surface area contributed by atoms with Gasteiger partial charge in [0.2, 0.25) is 0 Å². The Hall–Kier alpha value is -2.47. The molecule has 1 aromatic carbocycles. The van der Waals surface area contributed by atoms with Crippen molar-refractivity contribution in [2.45, 2.75) is 13.5 Å². The molecule has 20 heavy (non-hydrogen) atoms. The van der Waals surface area contributed by atoms with Gasteiger partial charge in [-0.2, -0.15) is 0 Å². The fourth-order valence-electron chi connectivity index (χ4n) is 1.61. The fourth-order valence-corrected chi connectivity index (χ4v) is 1.61. The lowest BCUT2D eigenvalue weighted by Gasteiger charge is -2.08. The van der Waals surface area contributed by atoms with Crippen LogP contribution in [0.15, 0.2) is 36.5 Å². The van der Waals surface area contributed by atoms with Crippen molar-refractivity contribution in [1.82, 2.24) is 10.4 Å². The molecule has 0 saturated heterocycles. The van der Waals surface area contributed by atoms with Gasteiger partial charge in [0, 0.05) is 16.8 Å². The number of nitrogen functional groups attached to an aromatic ring is 1. The Labute approximate surface area is 115 Å². The lowest BCUT2D eigenvalue weighted by molar-refractivity contribution is 0.0953. The van der Waals surface area contributed by atoms with Crippen LogP contribution in [-0.4, -0.2) is 10.9 Å². The summed E-state index contributed by atoms with van der Waals surface area (Å²) in [6.07, 6.45) is 1.56. The fraction of sp³-hybridized carbons (Fsp3) is 0.143. The molecule has 0 atom stereocenters. The molecular formula is C14H14FN3O2. The number of aromatic nitrogens is 1. The molecule has 1 heterocycles. The first-order valence-electron chi connectivity index (χ1n) is 5.95. The van der Waals surface area contributed by atoms with Gasteiger partial charge < -0.3 is 4.74 Å². The molecule has 6 heteroatoms. The predicted octanol–water partition coefficient (Wildman–Crippen LogP) is 1.71. The quantitative estimate of drug-likeness (QED) is 0.506. The Bertz CT molecular complexity index is 614. The first-order valence-corrected chi connectivity index (χ1v) is 5.95. The van der Waals surface area contributed by atoms with E-state index in [1.165, 1.54) is 18.2 Å². The summed E-state index contributed by atoms with van der Waals surface area (Å²) in [5.74, 6) is 4.64. The zero-order chi connectivity index (χ0) is 14.5. The first-order chi connectivity index (χ1) is 9.60. The normalized spacial score (nSPS) is 10.2. The highest BCUT2D eigenvalue weighted by molar-refractivity contribution is 5.93. The van der Waals surface area contributed by atoms with Gasteiger partial charge in [0.05, 0.1) is 6.20 Å². The van der Waals surface area contributed by atoms with Gasteiger partial charge in [-0.3, -0.25) is 15.2 Å². The summed E-state index contributed by atoms with van der Waals surface area (Å²) in [4.78, 5) is 15.5. The standard InChI is InChI=1S/C14H14FN3O2/c1-9-2-4-12(7-17-9)20-8-11-6-10(14(19)18-16)3-5-13(11)15/h2-7H,8,16H2,1H3,(H,18,19). The summed E-state index contributed by atoms with van der Waals surface area (Å²) in [6.45, 7) is 1.86. The molecule has 0 fully saturated rings. The van der Waals surface area contributed by atoms with Crippen molar-refractivity contribution in [1.29, 1.82) is 0 Å². The Kier molecular flexibility index (Phi) is 4.27. The van der Waals surface area contributed by atoms with E-state index < -0.39 is 11.7 Å². The Balaban J connectivity index is 2.12. The third kappa shape index (κ3) is 3.30. The number of nitrogens with zero attached hydrogens (tertiary/aromatic N) is 1. The number of aryl methyl sites for hydroxylation is 1. The smallest absolute Gasteiger partial charge is 0.265 e. The van der Waals surface area contributed by atoms with Crippen LogP contribution in [0.4, 0.5) is 4.39 Å². The van der Waals surface area contributed by atoms with Gasteiger partial charge in [0.1, 0.15) is 18.2 Å². The third-order valence-corrected chi connectivity index (χ3v) is 2.72. The summed E-state index contributed by atoms with van der Waals surface area (Å²) in [6, 6.07) is 7.50. The molecule has 5 nitrogen and oxygen atoms in total. The summed E-state index contributed by atoms with van der Waals surface area (Å²) in [7, 11) is 0. The first kappa shape index (κ1) is 14.0. The third-order valence-electron chi connectivity index (χ3n) is 2.72. The minimum atomic E-state index is -0.483. The molecule has 0 unspecified atom stereocenters. The van der Waals surface area contributed by atoms with Crippen LogP contribution in [0.25, 0.3) is 0 Å². The van der Waals surface area contributed by atoms with Crippen LogP contribution in [0.2, 0.25) is 0 Å². The Morgan fingerprint density at radius 2 is 2.20 bits per heavy atom. The van der Waals surface area contributed by atoms with Crippen molar-refractivity contribution < 1.29 is 13.9 Å². The molecule has 1 aromatic heterocycles. The van der Waals surface area contributed by atoms with Crippen LogP contribution in [0.3, 0.4) is 0 Å². The summed E-state index contributed by atoms with van der Waals surface area (Å²) < 4.78 is 19.1. The van der Waals surface area contributed by atoms with Crippen LogP contribution in [0.5, 0.6) is 5.75 Å². The maximum atomic E-state index is 13.6. The summed E-state index contributed by atoms with van der Waals surface area (Å²) >= 11 is 0. The highest BCUT2D eigenvalue weighted by Gasteiger charge is 2.09. The molecule has 2 rings (SSSR count). The van der Waals surface area contributed by atoms with E-state index in [-0.39, 0.29) is 17.7 Å². The van der Waals surface area contributed by atoms with Crippen LogP contribution in [0.1, 0.15) is 21.6 Å². The number of ether oxygens (including phenoxy) is 1.